The van der Waals surface area contributed by atoms with Crippen LogP contribution in [0.2, 0.25) is 0 Å². The van der Waals surface area contributed by atoms with Crippen molar-refractivity contribution in [3.8, 4) is 0 Å². The van der Waals surface area contributed by atoms with Gasteiger partial charge in [0.05, 0.1) is 44.1 Å². The SMILES string of the molecule is CC(C)OC(=O)CN(C=O)CC(=O)N(CC(=O)OC(C)C)CC(=O)N(CC(=O)N(CC(=O)OC(C)C)CC(=O)N(CCNC(=O)OC(C)(C)C)CC(=O)N(CCNC(=O)OC(C)(C)C)CC(N)=O)CC(O)OC(C)C. The first-order chi connectivity index (χ1) is 34.5. The average molecular weight is 1080 g/mol. The number of carbonyl (C=O) groups is 12. The normalized spacial score (nSPS) is 11.7. The van der Waals surface area contributed by atoms with Crippen LogP contribution in [0.3, 0.4) is 0 Å². The van der Waals surface area contributed by atoms with E-state index in [4.69, 9.17) is 34.2 Å². The zero-order valence-corrected chi connectivity index (χ0v) is 45.9. The summed E-state index contributed by atoms with van der Waals surface area (Å²) in [7, 11) is 0. The van der Waals surface area contributed by atoms with E-state index in [1.807, 2.05) is 0 Å². The molecule has 0 rings (SSSR count). The fourth-order valence-electron chi connectivity index (χ4n) is 6.09. The molecular weight excluding hydrogens is 995 g/mol. The van der Waals surface area contributed by atoms with Gasteiger partial charge >= 0.3 is 30.1 Å². The van der Waals surface area contributed by atoms with E-state index in [1.165, 1.54) is 27.7 Å². The topological polar surface area (TPSA) is 350 Å². The number of rotatable bonds is 32. The maximum atomic E-state index is 14.4. The molecule has 0 saturated heterocycles. The number of amides is 9. The Bertz CT molecular complexity index is 1950. The maximum Gasteiger partial charge on any atom is 0.407 e. The van der Waals surface area contributed by atoms with E-state index in [-0.39, 0.29) is 26.0 Å². The molecule has 0 heterocycles. The van der Waals surface area contributed by atoms with E-state index in [2.05, 4.69) is 10.6 Å². The molecule has 28 nitrogen and oxygen atoms in total. The minimum Gasteiger partial charge on any atom is -0.462 e. The van der Waals surface area contributed by atoms with Crippen molar-refractivity contribution in [2.45, 2.75) is 139 Å². The zero-order chi connectivity index (χ0) is 58.0. The number of primary amides is 1. The van der Waals surface area contributed by atoms with E-state index in [0.717, 1.165) is 14.7 Å². The Balaban J connectivity index is 7.25. The smallest absolute Gasteiger partial charge is 0.407 e. The van der Waals surface area contributed by atoms with Crippen LogP contribution in [0.15, 0.2) is 0 Å². The molecule has 0 aliphatic rings. The quantitative estimate of drug-likeness (QED) is 0.0264. The molecule has 428 valence electrons. The fourth-order valence-corrected chi connectivity index (χ4v) is 6.09. The van der Waals surface area contributed by atoms with Crippen molar-refractivity contribution in [1.82, 2.24) is 40.0 Å². The van der Waals surface area contributed by atoms with Crippen molar-refractivity contribution in [2.75, 3.05) is 91.6 Å². The Labute approximate surface area is 438 Å². The van der Waals surface area contributed by atoms with Crippen LogP contribution in [0.5, 0.6) is 0 Å². The molecule has 0 aromatic carbocycles. The molecule has 0 aliphatic heterocycles. The number of ether oxygens (including phenoxy) is 6. The molecular formula is C47H81N9O19. The number of aliphatic hydroxyl groups is 1. The third-order valence-corrected chi connectivity index (χ3v) is 8.88. The number of nitrogens with zero attached hydrogens (tertiary/aromatic N) is 6. The van der Waals surface area contributed by atoms with Gasteiger partial charge < -0.3 is 79.3 Å². The minimum absolute atomic E-state index is 0.176. The van der Waals surface area contributed by atoms with Gasteiger partial charge in [0, 0.05) is 26.2 Å². The molecule has 0 saturated carbocycles. The van der Waals surface area contributed by atoms with Gasteiger partial charge in [-0.25, -0.2) is 9.59 Å². The first kappa shape index (κ1) is 68.2. The van der Waals surface area contributed by atoms with Gasteiger partial charge in [0.1, 0.15) is 57.0 Å². The second kappa shape index (κ2) is 33.2. The molecule has 28 heteroatoms. The summed E-state index contributed by atoms with van der Waals surface area (Å²) in [6.07, 6.45) is -5.91. The summed E-state index contributed by atoms with van der Waals surface area (Å²) in [6.45, 7) is 12.1. The number of hydrogen-bond acceptors (Lipinski definition) is 19. The van der Waals surface area contributed by atoms with Crippen LogP contribution in [-0.2, 0) is 76.4 Å². The predicted molar refractivity (Wildman–Crippen MR) is 264 cm³/mol. The minimum atomic E-state index is -1.78. The van der Waals surface area contributed by atoms with Gasteiger partial charge in [0.15, 0.2) is 6.29 Å². The lowest BCUT2D eigenvalue weighted by molar-refractivity contribution is -0.162. The molecule has 75 heavy (non-hydrogen) atoms. The highest BCUT2D eigenvalue weighted by atomic mass is 16.6. The van der Waals surface area contributed by atoms with E-state index in [9.17, 15) is 62.6 Å². The third kappa shape index (κ3) is 32.9. The van der Waals surface area contributed by atoms with E-state index < -0.39 is 179 Å². The van der Waals surface area contributed by atoms with Crippen molar-refractivity contribution in [3.05, 3.63) is 0 Å². The van der Waals surface area contributed by atoms with E-state index >= 15 is 0 Å². The molecule has 0 spiro atoms. The Morgan fingerprint density at radius 1 is 0.480 bits per heavy atom. The lowest BCUT2D eigenvalue weighted by atomic mass is 10.2. The highest BCUT2D eigenvalue weighted by molar-refractivity contribution is 5.94. The summed E-state index contributed by atoms with van der Waals surface area (Å²) in [4.78, 5) is 163. The Kier molecular flexibility index (Phi) is 30.1. The van der Waals surface area contributed by atoms with E-state index in [1.54, 1.807) is 69.2 Å². The second-order valence-electron chi connectivity index (χ2n) is 20.0. The van der Waals surface area contributed by atoms with Gasteiger partial charge in [-0.15, -0.1) is 0 Å². The van der Waals surface area contributed by atoms with Gasteiger partial charge in [-0.2, -0.15) is 0 Å². The van der Waals surface area contributed by atoms with Gasteiger partial charge in [-0.05, 0) is 96.9 Å². The van der Waals surface area contributed by atoms with E-state index in [0.29, 0.717) is 14.7 Å². The molecule has 0 bridgehead atoms. The fraction of sp³-hybridized carbons (Fsp3) is 0.745. The van der Waals surface area contributed by atoms with Gasteiger partial charge in [0.25, 0.3) is 0 Å². The summed E-state index contributed by atoms with van der Waals surface area (Å²) in [5, 5.41) is 15.8. The molecule has 0 aliphatic carbocycles. The number of esters is 3. The summed E-state index contributed by atoms with van der Waals surface area (Å²) >= 11 is 0. The zero-order valence-electron chi connectivity index (χ0n) is 45.9. The van der Waals surface area contributed by atoms with Crippen LogP contribution in [0.4, 0.5) is 9.59 Å². The van der Waals surface area contributed by atoms with Crippen LogP contribution >= 0.6 is 0 Å². The molecule has 9 amide bonds. The number of aliphatic hydroxyl groups excluding tert-OH is 1. The van der Waals surface area contributed by atoms with Crippen molar-refractivity contribution < 1.29 is 91.1 Å². The monoisotopic (exact) mass is 1080 g/mol. The maximum absolute atomic E-state index is 14.4. The third-order valence-electron chi connectivity index (χ3n) is 8.88. The molecule has 0 aromatic rings. The first-order valence-corrected chi connectivity index (χ1v) is 24.2. The summed E-state index contributed by atoms with van der Waals surface area (Å²) in [5.41, 5.74) is 3.65. The molecule has 0 aromatic heterocycles. The highest BCUT2D eigenvalue weighted by Crippen LogP contribution is 2.10. The molecule has 0 radical (unpaired) electrons. The number of alkyl carbamates (subject to hydrolysis) is 2. The molecule has 5 N–H and O–H groups in total. The van der Waals surface area contributed by atoms with Crippen LogP contribution < -0.4 is 16.4 Å². The number of hydrogen-bond donors (Lipinski definition) is 4. The number of nitrogens with two attached hydrogens (primary N) is 1. The average Bonchev–Trinajstić information content (AvgIpc) is 3.21. The van der Waals surface area contributed by atoms with Gasteiger partial charge in [0.2, 0.25) is 41.9 Å². The van der Waals surface area contributed by atoms with Gasteiger partial charge in [-0.3, -0.25) is 47.9 Å². The lowest BCUT2D eigenvalue weighted by Crippen LogP contribution is -2.54. The molecule has 0 fully saturated rings. The standard InChI is InChI=1S/C47H81N9O19/c1-30(2)70-40(64)25-51(29-57)20-35(59)54(26-41(65)71-31(3)4)23-38(62)56(28-43(67)73-33(7)8)24-39(63)55(27-42(66)72-32(5)6)22-37(61)53(18-16-50-45(69)75-47(12,13)14)21-36(60)52(19-34(48)58)17-15-49-44(68)74-46(9,10)11/h29-33,43,67H,15-28H2,1-14H3,(H2,48,58)(H,49,68)(H,50,69). The van der Waals surface area contributed by atoms with Crippen molar-refractivity contribution in [2.24, 2.45) is 5.73 Å². The summed E-state index contributed by atoms with van der Waals surface area (Å²) in [6, 6.07) is 0. The lowest BCUT2D eigenvalue weighted by Gasteiger charge is -2.32. The first-order valence-electron chi connectivity index (χ1n) is 24.2. The van der Waals surface area contributed by atoms with Crippen LogP contribution in [0.1, 0.15) is 96.9 Å². The second-order valence-corrected chi connectivity index (χ2v) is 20.0. The van der Waals surface area contributed by atoms with Crippen LogP contribution in [0.25, 0.3) is 0 Å². The Hall–Kier alpha value is -6.84. The molecule has 1 unspecified atom stereocenters. The van der Waals surface area contributed by atoms with Gasteiger partial charge in [-0.1, -0.05) is 0 Å². The van der Waals surface area contributed by atoms with Crippen molar-refractivity contribution in [1.29, 1.82) is 0 Å². The largest absolute Gasteiger partial charge is 0.462 e. The van der Waals surface area contributed by atoms with Crippen LogP contribution in [-0.4, -0.2) is 240 Å². The number of carbonyl (C=O) groups excluding carboxylic acids is 12. The highest BCUT2D eigenvalue weighted by Gasteiger charge is 2.33. The van der Waals surface area contributed by atoms with Crippen LogP contribution in [0, 0.1) is 0 Å². The Morgan fingerprint density at radius 3 is 1.17 bits per heavy atom. The van der Waals surface area contributed by atoms with Crippen molar-refractivity contribution >= 4 is 71.9 Å². The summed E-state index contributed by atoms with van der Waals surface area (Å²) in [5.74, 6) is -9.02. The molecule has 1 atom stereocenters. The summed E-state index contributed by atoms with van der Waals surface area (Å²) < 4.78 is 31.4. The number of nitrogens with one attached hydrogen (secondary N) is 2. The predicted octanol–water partition coefficient (Wildman–Crippen LogP) is -1.28. The van der Waals surface area contributed by atoms with Crippen molar-refractivity contribution in [3.63, 3.8) is 0 Å². The Morgan fingerprint density at radius 2 is 0.813 bits per heavy atom.